The molecule has 23 heavy (non-hydrogen) atoms. The highest BCUT2D eigenvalue weighted by Crippen LogP contribution is 2.16. The predicted octanol–water partition coefficient (Wildman–Crippen LogP) is 1.65. The number of nitrogens with one attached hydrogen (secondary N) is 1. The van der Waals surface area contributed by atoms with E-state index in [0.717, 1.165) is 45.3 Å². The van der Waals surface area contributed by atoms with Gasteiger partial charge in [-0.05, 0) is 51.6 Å². The van der Waals surface area contributed by atoms with E-state index in [2.05, 4.69) is 31.0 Å². The summed E-state index contributed by atoms with van der Waals surface area (Å²) in [6, 6.07) is 0.236. The van der Waals surface area contributed by atoms with E-state index >= 15 is 0 Å². The highest BCUT2D eigenvalue weighted by Gasteiger charge is 2.23. The summed E-state index contributed by atoms with van der Waals surface area (Å²) in [7, 11) is 1.85. The van der Waals surface area contributed by atoms with Crippen LogP contribution in [0.4, 0.5) is 4.79 Å². The van der Waals surface area contributed by atoms with Crippen molar-refractivity contribution in [2.45, 2.75) is 52.5 Å². The third-order valence-corrected chi connectivity index (χ3v) is 4.63. The third kappa shape index (κ3) is 7.20. The summed E-state index contributed by atoms with van der Waals surface area (Å²) in [6.45, 7) is 9.75. The normalized spacial score (nSPS) is 20.3. The van der Waals surface area contributed by atoms with Gasteiger partial charge in [0.05, 0.1) is 5.92 Å². The average molecular weight is 326 g/mol. The van der Waals surface area contributed by atoms with Gasteiger partial charge in [0.25, 0.3) is 0 Å². The standard InChI is InChI=1S/C17H34N4O2/c1-13(2)11-14(3)20(4)17(23)19-8-6-10-21-9-5-7-15(12-21)16(18)22/h13-15H,5-12H2,1-4H3,(H2,18,22)(H,19,23)/t14-,15+/m0/s1. The first-order valence-electron chi connectivity index (χ1n) is 8.83. The molecule has 134 valence electrons. The van der Waals surface area contributed by atoms with Crippen LogP contribution in [-0.4, -0.2) is 61.0 Å². The molecule has 1 heterocycles. The zero-order chi connectivity index (χ0) is 17.4. The fourth-order valence-electron chi connectivity index (χ4n) is 3.15. The number of likely N-dealkylation sites (tertiary alicyclic amines) is 1. The Morgan fingerprint density at radius 3 is 2.65 bits per heavy atom. The first-order valence-corrected chi connectivity index (χ1v) is 8.83. The molecule has 0 aromatic heterocycles. The lowest BCUT2D eigenvalue weighted by Crippen LogP contribution is -2.44. The van der Waals surface area contributed by atoms with Gasteiger partial charge in [0.2, 0.25) is 5.91 Å². The molecule has 2 atom stereocenters. The number of amides is 3. The molecule has 0 bridgehead atoms. The Balaban J connectivity index is 2.21. The molecule has 0 aromatic rings. The zero-order valence-corrected chi connectivity index (χ0v) is 15.2. The van der Waals surface area contributed by atoms with Gasteiger partial charge < -0.3 is 20.9 Å². The molecule has 1 aliphatic heterocycles. The Bertz CT molecular complexity index is 387. The minimum atomic E-state index is -0.191. The Hall–Kier alpha value is -1.30. The van der Waals surface area contributed by atoms with Crippen molar-refractivity contribution in [2.75, 3.05) is 33.2 Å². The molecule has 0 saturated carbocycles. The van der Waals surface area contributed by atoms with Crippen molar-refractivity contribution in [1.29, 1.82) is 0 Å². The van der Waals surface area contributed by atoms with Crippen LogP contribution in [0.25, 0.3) is 0 Å². The second kappa shape index (κ2) is 9.75. The zero-order valence-electron chi connectivity index (χ0n) is 15.2. The van der Waals surface area contributed by atoms with E-state index < -0.39 is 0 Å². The summed E-state index contributed by atoms with van der Waals surface area (Å²) in [5.41, 5.74) is 5.39. The second-order valence-electron chi connectivity index (χ2n) is 7.22. The Morgan fingerprint density at radius 2 is 2.04 bits per heavy atom. The van der Waals surface area contributed by atoms with E-state index in [9.17, 15) is 9.59 Å². The van der Waals surface area contributed by atoms with Gasteiger partial charge in [-0.2, -0.15) is 0 Å². The summed E-state index contributed by atoms with van der Waals surface area (Å²) in [5, 5.41) is 2.98. The summed E-state index contributed by atoms with van der Waals surface area (Å²) in [4.78, 5) is 27.4. The summed E-state index contributed by atoms with van der Waals surface area (Å²) in [5.74, 6) is 0.377. The maximum atomic E-state index is 12.1. The topological polar surface area (TPSA) is 78.7 Å². The maximum Gasteiger partial charge on any atom is 0.317 e. The van der Waals surface area contributed by atoms with Crippen molar-refractivity contribution in [2.24, 2.45) is 17.6 Å². The van der Waals surface area contributed by atoms with Gasteiger partial charge in [-0.1, -0.05) is 13.8 Å². The molecule has 1 rings (SSSR count). The monoisotopic (exact) mass is 326 g/mol. The van der Waals surface area contributed by atoms with Gasteiger partial charge in [0.15, 0.2) is 0 Å². The van der Waals surface area contributed by atoms with Gasteiger partial charge in [0.1, 0.15) is 0 Å². The predicted molar refractivity (Wildman–Crippen MR) is 93.1 cm³/mol. The van der Waals surface area contributed by atoms with Gasteiger partial charge >= 0.3 is 6.03 Å². The van der Waals surface area contributed by atoms with Crippen LogP contribution < -0.4 is 11.1 Å². The van der Waals surface area contributed by atoms with E-state index in [0.29, 0.717) is 12.5 Å². The van der Waals surface area contributed by atoms with Crippen molar-refractivity contribution in [3.8, 4) is 0 Å². The summed E-state index contributed by atoms with van der Waals surface area (Å²) >= 11 is 0. The SMILES string of the molecule is CC(C)C[C@H](C)N(C)C(=O)NCCCN1CCC[C@@H](C(N)=O)C1. The number of primary amides is 1. The van der Waals surface area contributed by atoms with Gasteiger partial charge in [-0.15, -0.1) is 0 Å². The number of urea groups is 1. The molecule has 0 aliphatic carbocycles. The third-order valence-electron chi connectivity index (χ3n) is 4.63. The van der Waals surface area contributed by atoms with E-state index in [-0.39, 0.29) is 23.9 Å². The summed E-state index contributed by atoms with van der Waals surface area (Å²) in [6.07, 6.45) is 3.83. The number of carbonyl (C=O) groups excluding carboxylic acids is 2. The molecular weight excluding hydrogens is 292 g/mol. The molecule has 3 amide bonds. The van der Waals surface area contributed by atoms with E-state index in [1.807, 2.05) is 7.05 Å². The molecule has 0 spiro atoms. The molecule has 1 fully saturated rings. The summed E-state index contributed by atoms with van der Waals surface area (Å²) < 4.78 is 0. The fourth-order valence-corrected chi connectivity index (χ4v) is 3.15. The first-order chi connectivity index (χ1) is 10.8. The Morgan fingerprint density at radius 1 is 1.35 bits per heavy atom. The molecule has 1 saturated heterocycles. The smallest absolute Gasteiger partial charge is 0.317 e. The minimum absolute atomic E-state index is 0.00759. The quantitative estimate of drug-likeness (QED) is 0.666. The minimum Gasteiger partial charge on any atom is -0.369 e. The Kier molecular flexibility index (Phi) is 8.37. The van der Waals surface area contributed by atoms with Crippen molar-refractivity contribution in [3.63, 3.8) is 0 Å². The van der Waals surface area contributed by atoms with Gasteiger partial charge in [-0.3, -0.25) is 4.79 Å². The molecule has 0 aromatic carbocycles. The van der Waals surface area contributed by atoms with Crippen molar-refractivity contribution < 1.29 is 9.59 Å². The Labute approximate surface area is 140 Å². The number of carbonyl (C=O) groups is 2. The van der Waals surface area contributed by atoms with Crippen LogP contribution in [0.1, 0.15) is 46.5 Å². The molecule has 0 radical (unpaired) electrons. The average Bonchev–Trinajstić information content (AvgIpc) is 2.50. The lowest BCUT2D eigenvalue weighted by molar-refractivity contribution is -0.123. The van der Waals surface area contributed by atoms with Crippen LogP contribution in [0.3, 0.4) is 0 Å². The highest BCUT2D eigenvalue weighted by atomic mass is 16.2. The molecule has 6 heteroatoms. The number of rotatable bonds is 8. The van der Waals surface area contributed by atoms with Gasteiger partial charge in [-0.25, -0.2) is 4.79 Å². The highest BCUT2D eigenvalue weighted by molar-refractivity contribution is 5.77. The number of nitrogens with two attached hydrogens (primary N) is 1. The molecule has 3 N–H and O–H groups in total. The van der Waals surface area contributed by atoms with E-state index in [4.69, 9.17) is 5.73 Å². The van der Waals surface area contributed by atoms with E-state index in [1.165, 1.54) is 0 Å². The van der Waals surface area contributed by atoms with Crippen LogP contribution in [0.5, 0.6) is 0 Å². The van der Waals surface area contributed by atoms with Crippen LogP contribution >= 0.6 is 0 Å². The van der Waals surface area contributed by atoms with Crippen LogP contribution in [0, 0.1) is 11.8 Å². The lowest BCUT2D eigenvalue weighted by Gasteiger charge is -2.31. The van der Waals surface area contributed by atoms with Crippen molar-refractivity contribution >= 4 is 11.9 Å². The largest absolute Gasteiger partial charge is 0.369 e. The number of hydrogen-bond acceptors (Lipinski definition) is 3. The van der Waals surface area contributed by atoms with Crippen molar-refractivity contribution in [3.05, 3.63) is 0 Å². The molecule has 6 nitrogen and oxygen atoms in total. The van der Waals surface area contributed by atoms with E-state index in [1.54, 1.807) is 4.90 Å². The number of hydrogen-bond donors (Lipinski definition) is 2. The molecular formula is C17H34N4O2. The van der Waals surface area contributed by atoms with Crippen LogP contribution in [-0.2, 0) is 4.79 Å². The first kappa shape index (κ1) is 19.7. The molecule has 0 unspecified atom stereocenters. The lowest BCUT2D eigenvalue weighted by atomic mass is 9.97. The second-order valence-corrected chi connectivity index (χ2v) is 7.22. The fraction of sp³-hybridized carbons (Fsp3) is 0.882. The molecule has 1 aliphatic rings. The number of nitrogens with zero attached hydrogens (tertiary/aromatic N) is 2. The maximum absolute atomic E-state index is 12.1. The van der Waals surface area contributed by atoms with Crippen LogP contribution in [0.15, 0.2) is 0 Å². The number of piperidine rings is 1. The van der Waals surface area contributed by atoms with Gasteiger partial charge in [0, 0.05) is 26.2 Å². The van der Waals surface area contributed by atoms with Crippen LogP contribution in [0.2, 0.25) is 0 Å². The van der Waals surface area contributed by atoms with Crippen molar-refractivity contribution in [1.82, 2.24) is 15.1 Å².